The van der Waals surface area contributed by atoms with Crippen molar-refractivity contribution in [2.75, 3.05) is 6.61 Å². The summed E-state index contributed by atoms with van der Waals surface area (Å²) in [6.45, 7) is 2.76. The van der Waals surface area contributed by atoms with Gasteiger partial charge in [-0.15, -0.1) is 0 Å². The third kappa shape index (κ3) is 1.08. The number of para-hydroxylation sites is 1. The van der Waals surface area contributed by atoms with Crippen molar-refractivity contribution >= 4 is 0 Å². The molecule has 0 fully saturated rings. The molecule has 1 aromatic rings. The van der Waals surface area contributed by atoms with Gasteiger partial charge in [0.05, 0.1) is 6.61 Å². The molecule has 1 aromatic carbocycles. The van der Waals surface area contributed by atoms with E-state index in [1.54, 1.807) is 0 Å². The van der Waals surface area contributed by atoms with Crippen molar-refractivity contribution in [3.8, 4) is 5.75 Å². The van der Waals surface area contributed by atoms with Crippen molar-refractivity contribution in [1.82, 2.24) is 0 Å². The Morgan fingerprint density at radius 2 is 2.25 bits per heavy atom. The van der Waals surface area contributed by atoms with Gasteiger partial charge in [0.1, 0.15) is 5.75 Å². The molecule has 0 bridgehead atoms. The lowest BCUT2D eigenvalue weighted by Gasteiger charge is -2.11. The highest BCUT2D eigenvalue weighted by Gasteiger charge is 2.26. The highest BCUT2D eigenvalue weighted by Crippen LogP contribution is 2.34. The topological polar surface area (TPSA) is 35.2 Å². The zero-order valence-electron chi connectivity index (χ0n) is 7.16. The first kappa shape index (κ1) is 7.62. The van der Waals surface area contributed by atoms with Crippen LogP contribution in [-0.4, -0.2) is 12.6 Å². The smallest absolute Gasteiger partial charge is 0.122 e. The third-order valence-corrected chi connectivity index (χ3v) is 2.37. The summed E-state index contributed by atoms with van der Waals surface area (Å²) < 4.78 is 5.49. The number of hydrogen-bond donors (Lipinski definition) is 1. The summed E-state index contributed by atoms with van der Waals surface area (Å²) in [4.78, 5) is 0. The molecule has 1 unspecified atom stereocenters. The molecular formula is C10H13NO. The average Bonchev–Trinajstić information content (AvgIpc) is 2.47. The number of nitrogens with two attached hydrogens (primary N) is 1. The fourth-order valence-electron chi connectivity index (χ4n) is 1.62. The molecule has 2 nitrogen and oxygen atoms in total. The van der Waals surface area contributed by atoms with E-state index in [1.807, 2.05) is 25.1 Å². The first-order valence-electron chi connectivity index (χ1n) is 4.26. The van der Waals surface area contributed by atoms with Gasteiger partial charge in [-0.05, 0) is 13.0 Å². The Kier molecular flexibility index (Phi) is 1.77. The number of hydrogen-bond acceptors (Lipinski definition) is 2. The molecule has 2 atom stereocenters. The zero-order valence-corrected chi connectivity index (χ0v) is 7.16. The largest absolute Gasteiger partial charge is 0.493 e. The van der Waals surface area contributed by atoms with E-state index in [1.165, 1.54) is 5.56 Å². The predicted molar refractivity (Wildman–Crippen MR) is 48.3 cm³/mol. The maximum absolute atomic E-state index is 5.83. The van der Waals surface area contributed by atoms with Crippen molar-refractivity contribution < 1.29 is 4.74 Å². The van der Waals surface area contributed by atoms with E-state index in [0.29, 0.717) is 5.92 Å². The molecule has 0 spiro atoms. The monoisotopic (exact) mass is 163 g/mol. The molecule has 2 heteroatoms. The van der Waals surface area contributed by atoms with E-state index in [4.69, 9.17) is 10.5 Å². The molecule has 12 heavy (non-hydrogen) atoms. The van der Waals surface area contributed by atoms with Crippen molar-refractivity contribution in [1.29, 1.82) is 0 Å². The maximum atomic E-state index is 5.83. The molecule has 0 aromatic heterocycles. The molecule has 0 radical (unpaired) electrons. The van der Waals surface area contributed by atoms with Gasteiger partial charge in [0.2, 0.25) is 0 Å². The minimum absolute atomic E-state index is 0.175. The zero-order chi connectivity index (χ0) is 8.55. The van der Waals surface area contributed by atoms with Crippen molar-refractivity contribution in [3.05, 3.63) is 29.8 Å². The standard InChI is InChI=1S/C10H13NO/c1-7(11)9-6-12-10-5-3-2-4-8(9)10/h2-5,7,9H,6,11H2,1H3/t7-,9?/m1/s1. The highest BCUT2D eigenvalue weighted by atomic mass is 16.5. The van der Waals surface area contributed by atoms with Gasteiger partial charge in [0.15, 0.2) is 0 Å². The second kappa shape index (κ2) is 2.79. The predicted octanol–water partition coefficient (Wildman–Crippen LogP) is 1.51. The fraction of sp³-hybridized carbons (Fsp3) is 0.400. The maximum Gasteiger partial charge on any atom is 0.122 e. The van der Waals surface area contributed by atoms with Crippen LogP contribution in [0, 0.1) is 0 Å². The minimum atomic E-state index is 0.175. The number of ether oxygens (including phenoxy) is 1. The normalized spacial score (nSPS) is 23.0. The molecular weight excluding hydrogens is 150 g/mol. The Morgan fingerprint density at radius 3 is 3.00 bits per heavy atom. The number of rotatable bonds is 1. The van der Waals surface area contributed by atoms with Crippen molar-refractivity contribution in [2.45, 2.75) is 18.9 Å². The van der Waals surface area contributed by atoms with Gasteiger partial charge in [-0.25, -0.2) is 0 Å². The van der Waals surface area contributed by atoms with Crippen LogP contribution >= 0.6 is 0 Å². The molecule has 1 heterocycles. The summed E-state index contributed by atoms with van der Waals surface area (Å²) in [5.74, 6) is 1.38. The van der Waals surface area contributed by atoms with Gasteiger partial charge >= 0.3 is 0 Å². The average molecular weight is 163 g/mol. The molecule has 2 rings (SSSR count). The van der Waals surface area contributed by atoms with Crippen LogP contribution in [0.25, 0.3) is 0 Å². The Labute approximate surface area is 72.3 Å². The van der Waals surface area contributed by atoms with Gasteiger partial charge in [-0.1, -0.05) is 18.2 Å². The lowest BCUT2D eigenvalue weighted by molar-refractivity contribution is 0.318. The molecule has 0 amide bonds. The van der Waals surface area contributed by atoms with Crippen LogP contribution in [0.3, 0.4) is 0 Å². The van der Waals surface area contributed by atoms with E-state index in [-0.39, 0.29) is 6.04 Å². The van der Waals surface area contributed by atoms with E-state index in [0.717, 1.165) is 12.4 Å². The van der Waals surface area contributed by atoms with E-state index >= 15 is 0 Å². The molecule has 1 aliphatic heterocycles. The van der Waals surface area contributed by atoms with Crippen LogP contribution in [0.2, 0.25) is 0 Å². The number of benzene rings is 1. The van der Waals surface area contributed by atoms with Crippen molar-refractivity contribution in [2.24, 2.45) is 5.73 Å². The molecule has 64 valence electrons. The summed E-state index contributed by atoms with van der Waals surface area (Å²) in [7, 11) is 0. The van der Waals surface area contributed by atoms with Crippen molar-refractivity contribution in [3.63, 3.8) is 0 Å². The summed E-state index contributed by atoms with van der Waals surface area (Å²) in [6, 6.07) is 8.29. The molecule has 1 aliphatic rings. The Hall–Kier alpha value is -1.02. The van der Waals surface area contributed by atoms with Gasteiger partial charge in [-0.3, -0.25) is 0 Å². The first-order chi connectivity index (χ1) is 5.79. The summed E-state index contributed by atoms with van der Waals surface area (Å²) in [6.07, 6.45) is 0. The molecule has 0 saturated heterocycles. The van der Waals surface area contributed by atoms with Crippen LogP contribution in [0.4, 0.5) is 0 Å². The fourth-order valence-corrected chi connectivity index (χ4v) is 1.62. The summed E-state index contributed by atoms with van der Waals surface area (Å²) in [5, 5.41) is 0. The Balaban J connectivity index is 2.36. The second-order valence-electron chi connectivity index (χ2n) is 3.31. The van der Waals surface area contributed by atoms with Crippen LogP contribution in [-0.2, 0) is 0 Å². The highest BCUT2D eigenvalue weighted by molar-refractivity contribution is 5.40. The molecule has 0 saturated carbocycles. The molecule has 0 aliphatic carbocycles. The van der Waals surface area contributed by atoms with Crippen LogP contribution in [0.15, 0.2) is 24.3 Å². The Morgan fingerprint density at radius 1 is 1.50 bits per heavy atom. The third-order valence-electron chi connectivity index (χ3n) is 2.37. The van der Waals surface area contributed by atoms with Gasteiger partial charge < -0.3 is 10.5 Å². The van der Waals surface area contributed by atoms with Gasteiger partial charge in [-0.2, -0.15) is 0 Å². The quantitative estimate of drug-likeness (QED) is 0.681. The minimum Gasteiger partial charge on any atom is -0.493 e. The Bertz CT molecular complexity index is 283. The van der Waals surface area contributed by atoms with Crippen LogP contribution in [0.5, 0.6) is 5.75 Å². The summed E-state index contributed by atoms with van der Waals surface area (Å²) >= 11 is 0. The van der Waals surface area contributed by atoms with Crippen LogP contribution < -0.4 is 10.5 Å². The molecule has 2 N–H and O–H groups in total. The lowest BCUT2D eigenvalue weighted by atomic mass is 9.95. The van der Waals surface area contributed by atoms with E-state index in [9.17, 15) is 0 Å². The van der Waals surface area contributed by atoms with Gasteiger partial charge in [0.25, 0.3) is 0 Å². The second-order valence-corrected chi connectivity index (χ2v) is 3.31. The number of fused-ring (bicyclic) bond motifs is 1. The lowest BCUT2D eigenvalue weighted by Crippen LogP contribution is -2.25. The first-order valence-corrected chi connectivity index (χ1v) is 4.26. The van der Waals surface area contributed by atoms with Crippen LogP contribution in [0.1, 0.15) is 18.4 Å². The summed E-state index contributed by atoms with van der Waals surface area (Å²) in [5.41, 5.74) is 7.09. The van der Waals surface area contributed by atoms with Gasteiger partial charge in [0, 0.05) is 17.5 Å². The SMILES string of the molecule is C[C@@H](N)C1COc2ccccc21. The van der Waals surface area contributed by atoms with E-state index in [2.05, 4.69) is 6.07 Å². The van der Waals surface area contributed by atoms with E-state index < -0.39 is 0 Å².